The molecule has 1 N–H and O–H groups in total. The monoisotopic (exact) mass is 392 g/mol. The molecule has 0 aliphatic carbocycles. The second-order valence-corrected chi connectivity index (χ2v) is 7.29. The smallest absolute Gasteiger partial charge is 0.265 e. The lowest BCUT2D eigenvalue weighted by Gasteiger charge is -2.17. The lowest BCUT2D eigenvalue weighted by Crippen LogP contribution is -2.30. The first-order valence-electron chi connectivity index (χ1n) is 10.0. The fourth-order valence-corrected chi connectivity index (χ4v) is 3.19. The number of pyridine rings is 1. The van der Waals surface area contributed by atoms with Gasteiger partial charge in [-0.3, -0.25) is 9.78 Å². The molecule has 0 saturated carbocycles. The molecule has 0 bridgehead atoms. The first kappa shape index (κ1) is 20.6. The van der Waals surface area contributed by atoms with Gasteiger partial charge in [0.25, 0.3) is 5.91 Å². The Morgan fingerprint density at radius 2 is 1.90 bits per heavy atom. The number of carbonyl (C=O) groups excluding carboxylic acids is 1. The predicted octanol–water partition coefficient (Wildman–Crippen LogP) is 5.44. The summed E-state index contributed by atoms with van der Waals surface area (Å²) < 4.78 is 11.7. The van der Waals surface area contributed by atoms with Crippen LogP contribution in [0.1, 0.15) is 37.8 Å². The molecule has 29 heavy (non-hydrogen) atoms. The van der Waals surface area contributed by atoms with Crippen molar-refractivity contribution in [3.05, 3.63) is 59.8 Å². The molecule has 5 heteroatoms. The molecule has 0 radical (unpaired) electrons. The predicted molar refractivity (Wildman–Crippen MR) is 117 cm³/mol. The first-order chi connectivity index (χ1) is 14.0. The van der Waals surface area contributed by atoms with E-state index in [9.17, 15) is 4.79 Å². The Morgan fingerprint density at radius 1 is 1.14 bits per heavy atom. The molecular formula is C24H28N2O3. The lowest BCUT2D eigenvalue weighted by atomic mass is 10.1. The summed E-state index contributed by atoms with van der Waals surface area (Å²) in [5, 5.41) is 3.81. The summed E-state index contributed by atoms with van der Waals surface area (Å²) in [4.78, 5) is 17.2. The van der Waals surface area contributed by atoms with E-state index in [2.05, 4.69) is 23.3 Å². The van der Waals surface area contributed by atoms with Gasteiger partial charge in [0.1, 0.15) is 17.0 Å². The number of anilines is 1. The van der Waals surface area contributed by atoms with E-state index in [1.165, 1.54) is 0 Å². The van der Waals surface area contributed by atoms with E-state index in [-0.39, 0.29) is 5.91 Å². The summed E-state index contributed by atoms with van der Waals surface area (Å²) in [5.74, 6) is 1.21. The minimum absolute atomic E-state index is 0.214. The zero-order chi connectivity index (χ0) is 20.8. The highest BCUT2D eigenvalue weighted by Crippen LogP contribution is 2.30. The summed E-state index contributed by atoms with van der Waals surface area (Å²) in [7, 11) is 0. The van der Waals surface area contributed by atoms with Crippen LogP contribution < -0.4 is 14.8 Å². The largest absolute Gasteiger partial charge is 0.491 e. The van der Waals surface area contributed by atoms with Crippen molar-refractivity contribution in [3.63, 3.8) is 0 Å². The van der Waals surface area contributed by atoms with Crippen molar-refractivity contribution in [1.29, 1.82) is 0 Å². The van der Waals surface area contributed by atoms with Crippen molar-refractivity contribution in [2.75, 3.05) is 11.9 Å². The van der Waals surface area contributed by atoms with Gasteiger partial charge in [-0.05, 0) is 74.7 Å². The van der Waals surface area contributed by atoms with Crippen LogP contribution in [0, 0.1) is 13.8 Å². The van der Waals surface area contributed by atoms with Crippen molar-refractivity contribution in [3.8, 4) is 11.5 Å². The maximum absolute atomic E-state index is 12.7. The molecule has 0 spiro atoms. The molecule has 1 atom stereocenters. The molecule has 0 fully saturated rings. The van der Waals surface area contributed by atoms with E-state index >= 15 is 0 Å². The maximum atomic E-state index is 12.7. The van der Waals surface area contributed by atoms with Gasteiger partial charge < -0.3 is 14.8 Å². The highest BCUT2D eigenvalue weighted by molar-refractivity contribution is 6.04. The topological polar surface area (TPSA) is 60.5 Å². The summed E-state index contributed by atoms with van der Waals surface area (Å²) in [5.41, 5.74) is 3.63. The van der Waals surface area contributed by atoms with Crippen LogP contribution in [0.5, 0.6) is 11.5 Å². The Kier molecular flexibility index (Phi) is 6.70. The Morgan fingerprint density at radius 3 is 2.62 bits per heavy atom. The molecule has 0 saturated heterocycles. The number of nitrogens with one attached hydrogen (secondary N) is 1. The number of fused-ring (bicyclic) bond motifs is 1. The van der Waals surface area contributed by atoms with E-state index in [4.69, 9.17) is 9.47 Å². The normalized spacial score (nSPS) is 11.9. The molecule has 152 valence electrons. The molecule has 1 amide bonds. The maximum Gasteiger partial charge on any atom is 0.265 e. The Labute approximate surface area is 172 Å². The molecule has 3 aromatic rings. The van der Waals surface area contributed by atoms with E-state index < -0.39 is 6.10 Å². The Bertz CT molecular complexity index is 980. The Balaban J connectivity index is 1.76. The quantitative estimate of drug-likeness (QED) is 0.519. The van der Waals surface area contributed by atoms with Crippen LogP contribution in [-0.4, -0.2) is 23.6 Å². The number of aryl methyl sites for hydroxylation is 2. The third-order valence-electron chi connectivity index (χ3n) is 4.62. The van der Waals surface area contributed by atoms with Gasteiger partial charge in [-0.2, -0.15) is 0 Å². The van der Waals surface area contributed by atoms with Crippen molar-refractivity contribution >= 4 is 22.5 Å². The van der Waals surface area contributed by atoms with Gasteiger partial charge in [0.05, 0.1) is 12.3 Å². The zero-order valence-corrected chi connectivity index (χ0v) is 17.5. The average molecular weight is 392 g/mol. The minimum Gasteiger partial charge on any atom is -0.491 e. The van der Waals surface area contributed by atoms with Gasteiger partial charge in [0.15, 0.2) is 6.10 Å². The third-order valence-corrected chi connectivity index (χ3v) is 4.62. The highest BCUT2D eigenvalue weighted by atomic mass is 16.5. The van der Waals surface area contributed by atoms with Crippen LogP contribution in [0.3, 0.4) is 0 Å². The second kappa shape index (κ2) is 9.41. The molecule has 5 nitrogen and oxygen atoms in total. The standard InChI is InChI=1S/C24H28N2O3/c1-5-6-12-28-22-10-9-21(20-8-7-11-25-23(20)22)26-24(27)18(4)29-19-14-16(2)13-17(3)15-19/h7-11,13-15,18H,5-6,12H2,1-4H3,(H,26,27). The molecule has 1 unspecified atom stereocenters. The molecule has 0 aliphatic heterocycles. The number of amides is 1. The van der Waals surface area contributed by atoms with Gasteiger partial charge >= 0.3 is 0 Å². The van der Waals surface area contributed by atoms with Crippen LogP contribution >= 0.6 is 0 Å². The lowest BCUT2D eigenvalue weighted by molar-refractivity contribution is -0.122. The van der Waals surface area contributed by atoms with Crippen molar-refractivity contribution in [2.45, 2.75) is 46.6 Å². The van der Waals surface area contributed by atoms with Crippen molar-refractivity contribution < 1.29 is 14.3 Å². The molecule has 1 heterocycles. The number of aromatic nitrogens is 1. The second-order valence-electron chi connectivity index (χ2n) is 7.29. The molecule has 2 aromatic carbocycles. The average Bonchev–Trinajstić information content (AvgIpc) is 2.68. The number of rotatable bonds is 8. The molecule has 1 aromatic heterocycles. The van der Waals surface area contributed by atoms with Gasteiger partial charge in [-0.1, -0.05) is 19.4 Å². The molecule has 3 rings (SSSR count). The van der Waals surface area contributed by atoms with E-state index in [1.54, 1.807) is 13.1 Å². The van der Waals surface area contributed by atoms with Crippen molar-refractivity contribution in [1.82, 2.24) is 4.98 Å². The van der Waals surface area contributed by atoms with Crippen LogP contribution in [0.25, 0.3) is 10.9 Å². The summed E-state index contributed by atoms with van der Waals surface area (Å²) in [6, 6.07) is 13.4. The molecule has 0 aliphatic rings. The van der Waals surface area contributed by atoms with Gasteiger partial charge in [0, 0.05) is 11.6 Å². The van der Waals surface area contributed by atoms with E-state index in [0.29, 0.717) is 18.0 Å². The fraction of sp³-hybridized carbons (Fsp3) is 0.333. The summed E-state index contributed by atoms with van der Waals surface area (Å²) in [6.45, 7) is 8.53. The SMILES string of the molecule is CCCCOc1ccc(NC(=O)C(C)Oc2cc(C)cc(C)c2)c2cccnc12. The number of nitrogens with zero attached hydrogens (tertiary/aromatic N) is 1. The first-order valence-corrected chi connectivity index (χ1v) is 10.0. The number of benzene rings is 2. The van der Waals surface area contributed by atoms with E-state index in [0.717, 1.165) is 40.6 Å². The number of ether oxygens (including phenoxy) is 2. The molecular weight excluding hydrogens is 364 g/mol. The van der Waals surface area contributed by atoms with E-state index in [1.807, 2.05) is 50.2 Å². The number of hydrogen-bond acceptors (Lipinski definition) is 4. The number of unbranched alkanes of at least 4 members (excludes halogenated alkanes) is 1. The van der Waals surface area contributed by atoms with Crippen LogP contribution in [0.15, 0.2) is 48.7 Å². The van der Waals surface area contributed by atoms with Crippen LogP contribution in [0.2, 0.25) is 0 Å². The zero-order valence-electron chi connectivity index (χ0n) is 17.5. The fourth-order valence-electron chi connectivity index (χ4n) is 3.19. The third kappa shape index (κ3) is 5.25. The number of hydrogen-bond donors (Lipinski definition) is 1. The van der Waals surface area contributed by atoms with Crippen LogP contribution in [-0.2, 0) is 4.79 Å². The van der Waals surface area contributed by atoms with Gasteiger partial charge in [0.2, 0.25) is 0 Å². The van der Waals surface area contributed by atoms with Crippen molar-refractivity contribution in [2.24, 2.45) is 0 Å². The van der Waals surface area contributed by atoms with Crippen LogP contribution in [0.4, 0.5) is 5.69 Å². The van der Waals surface area contributed by atoms with Gasteiger partial charge in [-0.15, -0.1) is 0 Å². The highest BCUT2D eigenvalue weighted by Gasteiger charge is 2.17. The minimum atomic E-state index is -0.636. The Hall–Kier alpha value is -3.08. The summed E-state index contributed by atoms with van der Waals surface area (Å²) in [6.07, 6.45) is 3.15. The summed E-state index contributed by atoms with van der Waals surface area (Å²) >= 11 is 0. The van der Waals surface area contributed by atoms with Gasteiger partial charge in [-0.25, -0.2) is 0 Å². The number of carbonyl (C=O) groups is 1.